The summed E-state index contributed by atoms with van der Waals surface area (Å²) in [5.41, 5.74) is 6.30. The molecule has 1 aromatic carbocycles. The lowest BCUT2D eigenvalue weighted by molar-refractivity contribution is 0.549. The van der Waals surface area contributed by atoms with Crippen LogP contribution in [0.15, 0.2) is 36.5 Å². The molecular formula is C13H18N4. The Hall–Kier alpha value is -1.65. The van der Waals surface area contributed by atoms with Crippen molar-refractivity contribution in [2.24, 2.45) is 12.9 Å². The summed E-state index contributed by atoms with van der Waals surface area (Å²) in [6.45, 7) is 2.00. The van der Waals surface area contributed by atoms with Gasteiger partial charge in [-0.2, -0.15) is 5.10 Å². The predicted octanol–water partition coefficient (Wildman–Crippen LogP) is 1.48. The molecule has 1 aromatic heterocycles. The highest BCUT2D eigenvalue weighted by Crippen LogP contribution is 2.19. The van der Waals surface area contributed by atoms with Crippen molar-refractivity contribution >= 4 is 0 Å². The van der Waals surface area contributed by atoms with Crippen LogP contribution >= 0.6 is 0 Å². The van der Waals surface area contributed by atoms with Gasteiger partial charge >= 0.3 is 0 Å². The van der Waals surface area contributed by atoms with Gasteiger partial charge in [0, 0.05) is 18.8 Å². The van der Waals surface area contributed by atoms with Gasteiger partial charge in [-0.25, -0.2) is 0 Å². The fraction of sp³-hybridized carbons (Fsp3) is 0.308. The minimum absolute atomic E-state index is 0.103. The molecule has 0 aliphatic carbocycles. The average molecular weight is 230 g/mol. The monoisotopic (exact) mass is 230 g/mol. The highest BCUT2D eigenvalue weighted by molar-refractivity contribution is 5.24. The Morgan fingerprint density at radius 2 is 2.06 bits per heavy atom. The van der Waals surface area contributed by atoms with E-state index in [0.717, 1.165) is 17.7 Å². The van der Waals surface area contributed by atoms with E-state index in [1.54, 1.807) is 0 Å². The quantitative estimate of drug-likeness (QED) is 0.618. The second-order valence-electron chi connectivity index (χ2n) is 4.25. The number of hydrogen-bond acceptors (Lipinski definition) is 3. The molecule has 0 bridgehead atoms. The molecule has 1 atom stereocenters. The van der Waals surface area contributed by atoms with Crippen LogP contribution in [0.25, 0.3) is 0 Å². The van der Waals surface area contributed by atoms with E-state index in [-0.39, 0.29) is 6.04 Å². The molecule has 90 valence electrons. The van der Waals surface area contributed by atoms with E-state index in [2.05, 4.69) is 22.7 Å². The zero-order valence-corrected chi connectivity index (χ0v) is 10.2. The number of aryl methyl sites for hydroxylation is 2. The second kappa shape index (κ2) is 5.12. The van der Waals surface area contributed by atoms with Crippen LogP contribution in [-0.2, 0) is 13.5 Å². The highest BCUT2D eigenvalue weighted by Gasteiger charge is 2.15. The van der Waals surface area contributed by atoms with Crippen LogP contribution in [0.3, 0.4) is 0 Å². The maximum atomic E-state index is 5.64. The Balaban J connectivity index is 2.20. The predicted molar refractivity (Wildman–Crippen MR) is 68.2 cm³/mol. The molecule has 0 radical (unpaired) electrons. The van der Waals surface area contributed by atoms with Crippen molar-refractivity contribution < 1.29 is 0 Å². The molecule has 0 aliphatic heterocycles. The third-order valence-electron chi connectivity index (χ3n) is 2.91. The molecule has 0 saturated heterocycles. The Morgan fingerprint density at radius 1 is 1.35 bits per heavy atom. The van der Waals surface area contributed by atoms with Gasteiger partial charge in [-0.3, -0.25) is 16.0 Å². The molecule has 0 aliphatic rings. The summed E-state index contributed by atoms with van der Waals surface area (Å²) in [6, 6.07) is 10.4. The number of aromatic nitrogens is 2. The number of nitrogens with one attached hydrogen (secondary N) is 1. The van der Waals surface area contributed by atoms with E-state index in [4.69, 9.17) is 5.84 Å². The normalized spacial score (nSPS) is 12.6. The van der Waals surface area contributed by atoms with Crippen LogP contribution in [0.5, 0.6) is 0 Å². The number of nitrogens with two attached hydrogens (primary N) is 1. The molecule has 0 spiro atoms. The van der Waals surface area contributed by atoms with Gasteiger partial charge < -0.3 is 0 Å². The summed E-state index contributed by atoms with van der Waals surface area (Å²) in [5, 5.41) is 4.34. The summed E-state index contributed by atoms with van der Waals surface area (Å²) >= 11 is 0. The summed E-state index contributed by atoms with van der Waals surface area (Å²) < 4.78 is 1.82. The van der Waals surface area contributed by atoms with Crippen LogP contribution in [0, 0.1) is 6.92 Å². The van der Waals surface area contributed by atoms with E-state index in [1.807, 2.05) is 43.0 Å². The number of hydrogen-bond donors (Lipinski definition) is 2. The van der Waals surface area contributed by atoms with Gasteiger partial charge in [0.1, 0.15) is 0 Å². The molecular weight excluding hydrogens is 212 g/mol. The van der Waals surface area contributed by atoms with Gasteiger partial charge in [0.05, 0.1) is 11.7 Å². The topological polar surface area (TPSA) is 55.9 Å². The lowest BCUT2D eigenvalue weighted by atomic mass is 10.0. The van der Waals surface area contributed by atoms with Crippen LogP contribution in [0.2, 0.25) is 0 Å². The van der Waals surface area contributed by atoms with Crippen molar-refractivity contribution in [1.29, 1.82) is 0 Å². The van der Waals surface area contributed by atoms with Crippen LogP contribution in [0.4, 0.5) is 0 Å². The van der Waals surface area contributed by atoms with Gasteiger partial charge in [0.2, 0.25) is 0 Å². The molecule has 0 fully saturated rings. The lowest BCUT2D eigenvalue weighted by Gasteiger charge is -2.15. The van der Waals surface area contributed by atoms with Crippen molar-refractivity contribution in [1.82, 2.24) is 15.2 Å². The second-order valence-corrected chi connectivity index (χ2v) is 4.25. The minimum Gasteiger partial charge on any atom is -0.275 e. The third-order valence-corrected chi connectivity index (χ3v) is 2.91. The third kappa shape index (κ3) is 2.72. The SMILES string of the molecule is Cc1nn(C)cc1C(Cc1ccccc1)NN. The first kappa shape index (κ1) is 11.8. The zero-order valence-electron chi connectivity index (χ0n) is 10.2. The Kier molecular flexibility index (Phi) is 3.56. The zero-order chi connectivity index (χ0) is 12.3. The number of benzene rings is 1. The summed E-state index contributed by atoms with van der Waals surface area (Å²) in [6.07, 6.45) is 2.88. The van der Waals surface area contributed by atoms with Crippen molar-refractivity contribution in [2.45, 2.75) is 19.4 Å². The number of hydrazine groups is 1. The highest BCUT2D eigenvalue weighted by atomic mass is 15.3. The van der Waals surface area contributed by atoms with E-state index < -0.39 is 0 Å². The number of rotatable bonds is 4. The van der Waals surface area contributed by atoms with Gasteiger partial charge in [0.25, 0.3) is 0 Å². The molecule has 1 heterocycles. The van der Waals surface area contributed by atoms with Crippen LogP contribution in [-0.4, -0.2) is 9.78 Å². The maximum absolute atomic E-state index is 5.64. The molecule has 4 heteroatoms. The van der Waals surface area contributed by atoms with E-state index >= 15 is 0 Å². The summed E-state index contributed by atoms with van der Waals surface area (Å²) in [7, 11) is 1.92. The van der Waals surface area contributed by atoms with E-state index in [9.17, 15) is 0 Å². The molecule has 17 heavy (non-hydrogen) atoms. The molecule has 2 rings (SSSR count). The molecule has 3 N–H and O–H groups in total. The van der Waals surface area contributed by atoms with Gasteiger partial charge in [-0.15, -0.1) is 0 Å². The lowest BCUT2D eigenvalue weighted by Crippen LogP contribution is -2.29. The molecule has 2 aromatic rings. The van der Waals surface area contributed by atoms with Gasteiger partial charge in [-0.1, -0.05) is 30.3 Å². The standard InChI is InChI=1S/C13H18N4/c1-10-12(9-17(2)16-10)13(15-14)8-11-6-4-3-5-7-11/h3-7,9,13,15H,8,14H2,1-2H3. The van der Waals surface area contributed by atoms with Crippen molar-refractivity contribution in [3.8, 4) is 0 Å². The Bertz CT molecular complexity index is 475. The fourth-order valence-corrected chi connectivity index (χ4v) is 2.07. The van der Waals surface area contributed by atoms with Crippen molar-refractivity contribution in [2.75, 3.05) is 0 Å². The summed E-state index contributed by atoms with van der Waals surface area (Å²) in [4.78, 5) is 0. The van der Waals surface area contributed by atoms with Crippen molar-refractivity contribution in [3.05, 3.63) is 53.3 Å². The first-order valence-electron chi connectivity index (χ1n) is 5.71. The van der Waals surface area contributed by atoms with Crippen LogP contribution < -0.4 is 11.3 Å². The van der Waals surface area contributed by atoms with Crippen LogP contribution in [0.1, 0.15) is 22.9 Å². The first-order chi connectivity index (χ1) is 8.20. The fourth-order valence-electron chi connectivity index (χ4n) is 2.07. The van der Waals surface area contributed by atoms with E-state index in [0.29, 0.717) is 0 Å². The van der Waals surface area contributed by atoms with E-state index in [1.165, 1.54) is 5.56 Å². The van der Waals surface area contributed by atoms with Crippen molar-refractivity contribution in [3.63, 3.8) is 0 Å². The largest absolute Gasteiger partial charge is 0.275 e. The Morgan fingerprint density at radius 3 is 2.59 bits per heavy atom. The van der Waals surface area contributed by atoms with Gasteiger partial charge in [-0.05, 0) is 18.9 Å². The first-order valence-corrected chi connectivity index (χ1v) is 5.71. The Labute approximate surface area is 101 Å². The number of nitrogens with zero attached hydrogens (tertiary/aromatic N) is 2. The summed E-state index contributed by atoms with van der Waals surface area (Å²) in [5.74, 6) is 5.64. The smallest absolute Gasteiger partial charge is 0.0642 e. The molecule has 0 saturated carbocycles. The maximum Gasteiger partial charge on any atom is 0.0642 e. The van der Waals surface area contributed by atoms with Gasteiger partial charge in [0.15, 0.2) is 0 Å². The molecule has 1 unspecified atom stereocenters. The minimum atomic E-state index is 0.103. The molecule has 0 amide bonds. The molecule has 4 nitrogen and oxygen atoms in total. The average Bonchev–Trinajstić information content (AvgIpc) is 2.67.